The van der Waals surface area contributed by atoms with E-state index in [1.54, 1.807) is 25.1 Å². The maximum absolute atomic E-state index is 14.0. The molecule has 0 aromatic heterocycles. The average molecular weight is 238 g/mol. The van der Waals surface area contributed by atoms with E-state index in [9.17, 15) is 9.18 Å². The summed E-state index contributed by atoms with van der Waals surface area (Å²) < 4.78 is 19.1. The molecule has 1 aliphatic carbocycles. The SMILES string of the molecule is COC(C(=O)O)C1(c2cccc(C)c2F)CC1. The maximum atomic E-state index is 14.0. The molecule has 4 heteroatoms. The van der Waals surface area contributed by atoms with Gasteiger partial charge in [0.1, 0.15) is 5.82 Å². The van der Waals surface area contributed by atoms with E-state index in [-0.39, 0.29) is 5.82 Å². The van der Waals surface area contributed by atoms with Gasteiger partial charge in [-0.05, 0) is 30.9 Å². The third kappa shape index (κ3) is 1.82. The fourth-order valence-corrected chi connectivity index (χ4v) is 2.40. The van der Waals surface area contributed by atoms with Crippen LogP contribution in [0.3, 0.4) is 0 Å². The number of halogens is 1. The molecule has 3 nitrogen and oxygen atoms in total. The van der Waals surface area contributed by atoms with E-state index in [0.29, 0.717) is 24.0 Å². The Kier molecular flexibility index (Phi) is 2.91. The van der Waals surface area contributed by atoms with Gasteiger partial charge in [-0.25, -0.2) is 9.18 Å². The number of aryl methyl sites for hydroxylation is 1. The highest BCUT2D eigenvalue weighted by atomic mass is 19.1. The number of benzene rings is 1. The summed E-state index contributed by atoms with van der Waals surface area (Å²) in [5, 5.41) is 9.12. The van der Waals surface area contributed by atoms with Crippen LogP contribution in [0.25, 0.3) is 0 Å². The first-order valence-electron chi connectivity index (χ1n) is 5.54. The van der Waals surface area contributed by atoms with Crippen LogP contribution in [0.2, 0.25) is 0 Å². The number of aliphatic carboxylic acids is 1. The summed E-state index contributed by atoms with van der Waals surface area (Å²) in [6, 6.07) is 5.09. The molecular formula is C13H15FO3. The predicted octanol–water partition coefficient (Wildman–Crippen LogP) is 2.27. The molecule has 2 rings (SSSR count). The molecule has 1 atom stereocenters. The maximum Gasteiger partial charge on any atom is 0.333 e. The van der Waals surface area contributed by atoms with Crippen LogP contribution < -0.4 is 0 Å². The predicted molar refractivity (Wildman–Crippen MR) is 60.5 cm³/mol. The van der Waals surface area contributed by atoms with Crippen molar-refractivity contribution in [1.82, 2.24) is 0 Å². The van der Waals surface area contributed by atoms with Gasteiger partial charge in [0, 0.05) is 12.5 Å². The number of methoxy groups -OCH3 is 1. The van der Waals surface area contributed by atoms with Crippen LogP contribution in [0.15, 0.2) is 18.2 Å². The second-order valence-corrected chi connectivity index (χ2v) is 4.55. The lowest BCUT2D eigenvalue weighted by Gasteiger charge is -2.23. The number of hydrogen-bond acceptors (Lipinski definition) is 2. The zero-order chi connectivity index (χ0) is 12.6. The van der Waals surface area contributed by atoms with Crippen molar-refractivity contribution >= 4 is 5.97 Å². The van der Waals surface area contributed by atoms with Gasteiger partial charge in [0.15, 0.2) is 6.10 Å². The first-order chi connectivity index (χ1) is 8.03. The Morgan fingerprint density at radius 2 is 2.18 bits per heavy atom. The van der Waals surface area contributed by atoms with Gasteiger partial charge in [-0.1, -0.05) is 18.2 Å². The largest absolute Gasteiger partial charge is 0.479 e. The highest BCUT2D eigenvalue weighted by Gasteiger charge is 2.55. The van der Waals surface area contributed by atoms with E-state index < -0.39 is 17.5 Å². The summed E-state index contributed by atoms with van der Waals surface area (Å²) in [6.45, 7) is 1.68. The van der Waals surface area contributed by atoms with Crippen LogP contribution in [0.5, 0.6) is 0 Å². The van der Waals surface area contributed by atoms with Crippen LogP contribution in [0.4, 0.5) is 4.39 Å². The molecule has 1 aromatic carbocycles. The zero-order valence-corrected chi connectivity index (χ0v) is 9.87. The Labute approximate surface area is 99.2 Å². The first kappa shape index (κ1) is 12.0. The number of hydrogen-bond donors (Lipinski definition) is 1. The van der Waals surface area contributed by atoms with Crippen molar-refractivity contribution in [3.63, 3.8) is 0 Å². The minimum atomic E-state index is -1.04. The number of carboxylic acid groups (broad SMARTS) is 1. The number of carbonyl (C=O) groups is 1. The van der Waals surface area contributed by atoms with Gasteiger partial charge >= 0.3 is 5.97 Å². The van der Waals surface area contributed by atoms with E-state index in [0.717, 1.165) is 0 Å². The van der Waals surface area contributed by atoms with Crippen molar-refractivity contribution < 1.29 is 19.0 Å². The number of rotatable bonds is 4. The third-order valence-electron chi connectivity index (χ3n) is 3.48. The Morgan fingerprint density at radius 3 is 2.65 bits per heavy atom. The van der Waals surface area contributed by atoms with Crippen LogP contribution >= 0.6 is 0 Å². The smallest absolute Gasteiger partial charge is 0.333 e. The molecular weight excluding hydrogens is 223 g/mol. The fourth-order valence-electron chi connectivity index (χ4n) is 2.40. The van der Waals surface area contributed by atoms with Gasteiger partial charge in [-0.3, -0.25) is 0 Å². The highest BCUT2D eigenvalue weighted by Crippen LogP contribution is 2.53. The summed E-state index contributed by atoms with van der Waals surface area (Å²) in [4.78, 5) is 11.1. The van der Waals surface area contributed by atoms with E-state index in [4.69, 9.17) is 9.84 Å². The van der Waals surface area contributed by atoms with Gasteiger partial charge in [-0.2, -0.15) is 0 Å². The quantitative estimate of drug-likeness (QED) is 0.875. The molecule has 1 aliphatic rings. The zero-order valence-electron chi connectivity index (χ0n) is 9.87. The molecule has 0 saturated heterocycles. The lowest BCUT2D eigenvalue weighted by Crippen LogP contribution is -2.36. The van der Waals surface area contributed by atoms with Gasteiger partial charge in [-0.15, -0.1) is 0 Å². The molecule has 0 bridgehead atoms. The summed E-state index contributed by atoms with van der Waals surface area (Å²) in [7, 11) is 1.35. The molecule has 1 N–H and O–H groups in total. The van der Waals surface area contributed by atoms with Crippen molar-refractivity contribution in [1.29, 1.82) is 0 Å². The monoisotopic (exact) mass is 238 g/mol. The Hall–Kier alpha value is -1.42. The van der Waals surface area contributed by atoms with E-state index in [1.807, 2.05) is 0 Å². The molecule has 0 aliphatic heterocycles. The Balaban J connectivity index is 2.45. The summed E-state index contributed by atoms with van der Waals surface area (Å²) >= 11 is 0. The fraction of sp³-hybridized carbons (Fsp3) is 0.462. The van der Waals surface area contributed by atoms with Crippen molar-refractivity contribution in [2.75, 3.05) is 7.11 Å². The highest BCUT2D eigenvalue weighted by molar-refractivity contribution is 5.76. The number of carboxylic acids is 1. The van der Waals surface area contributed by atoms with Crippen molar-refractivity contribution in [3.05, 3.63) is 35.1 Å². The molecule has 1 unspecified atom stereocenters. The van der Waals surface area contributed by atoms with Gasteiger partial charge in [0.25, 0.3) is 0 Å². The van der Waals surface area contributed by atoms with Crippen molar-refractivity contribution in [3.8, 4) is 0 Å². The third-order valence-corrected chi connectivity index (χ3v) is 3.48. The van der Waals surface area contributed by atoms with Crippen LogP contribution in [0.1, 0.15) is 24.0 Å². The topological polar surface area (TPSA) is 46.5 Å². The summed E-state index contributed by atoms with van der Waals surface area (Å²) in [6.07, 6.45) is 0.329. The molecule has 0 spiro atoms. The molecule has 1 saturated carbocycles. The first-order valence-corrected chi connectivity index (χ1v) is 5.54. The van der Waals surface area contributed by atoms with Gasteiger partial charge in [0.05, 0.1) is 0 Å². The van der Waals surface area contributed by atoms with Crippen molar-refractivity contribution in [2.24, 2.45) is 0 Å². The molecule has 17 heavy (non-hydrogen) atoms. The van der Waals surface area contributed by atoms with Crippen LogP contribution in [0, 0.1) is 12.7 Å². The molecule has 0 amide bonds. The minimum Gasteiger partial charge on any atom is -0.479 e. The Bertz CT molecular complexity index is 452. The van der Waals surface area contributed by atoms with E-state index >= 15 is 0 Å². The summed E-state index contributed by atoms with van der Waals surface area (Å²) in [5.74, 6) is -1.35. The lowest BCUT2D eigenvalue weighted by molar-refractivity contribution is -0.150. The van der Waals surface area contributed by atoms with Gasteiger partial charge < -0.3 is 9.84 Å². The Morgan fingerprint density at radius 1 is 1.53 bits per heavy atom. The van der Waals surface area contributed by atoms with Crippen LogP contribution in [-0.2, 0) is 14.9 Å². The molecule has 0 radical (unpaired) electrons. The second kappa shape index (κ2) is 4.11. The van der Waals surface area contributed by atoms with Gasteiger partial charge in [0.2, 0.25) is 0 Å². The second-order valence-electron chi connectivity index (χ2n) is 4.55. The molecule has 92 valence electrons. The molecule has 1 fully saturated rings. The molecule has 0 heterocycles. The van der Waals surface area contributed by atoms with E-state index in [1.165, 1.54) is 7.11 Å². The standard InChI is InChI=1S/C13H15FO3/c1-8-4-3-5-9(10(8)14)13(6-7-13)11(17-2)12(15)16/h3-5,11H,6-7H2,1-2H3,(H,15,16). The number of ether oxygens (including phenoxy) is 1. The van der Waals surface area contributed by atoms with Crippen LogP contribution in [-0.4, -0.2) is 24.3 Å². The summed E-state index contributed by atoms with van der Waals surface area (Å²) in [5.41, 5.74) is 0.317. The minimum absolute atomic E-state index is 0.312. The lowest BCUT2D eigenvalue weighted by atomic mass is 9.88. The van der Waals surface area contributed by atoms with Crippen molar-refractivity contribution in [2.45, 2.75) is 31.3 Å². The average Bonchev–Trinajstić information content (AvgIpc) is 3.04. The normalized spacial score (nSPS) is 18.8. The molecule has 1 aromatic rings. The van der Waals surface area contributed by atoms with E-state index in [2.05, 4.69) is 0 Å².